The molecule has 1 N–H and O–H groups in total. The first-order valence-electron chi connectivity index (χ1n) is 8.77. The zero-order valence-electron chi connectivity index (χ0n) is 15.0. The summed E-state index contributed by atoms with van der Waals surface area (Å²) < 4.78 is 5.64. The van der Waals surface area contributed by atoms with Crippen molar-refractivity contribution >= 4 is 29.4 Å². The summed E-state index contributed by atoms with van der Waals surface area (Å²) >= 11 is 6.02. The predicted octanol–water partition coefficient (Wildman–Crippen LogP) is 3.59. The number of carbonyl (C=O) groups is 1. The second-order valence-electron chi connectivity index (χ2n) is 6.32. The molecule has 0 spiro atoms. The highest BCUT2D eigenvalue weighted by atomic mass is 35.5. The monoisotopic (exact) mass is 402 g/mol. The average Bonchev–Trinajstić information content (AvgIpc) is 3.17. The van der Waals surface area contributed by atoms with Gasteiger partial charge in [-0.05, 0) is 61.8 Å². The number of hydrogen-bond donors (Lipinski definition) is 1. The van der Waals surface area contributed by atoms with E-state index in [0.29, 0.717) is 18.0 Å². The van der Waals surface area contributed by atoms with Gasteiger partial charge in [-0.2, -0.15) is 5.10 Å². The number of nitro groups is 1. The van der Waals surface area contributed by atoms with E-state index < -0.39 is 4.92 Å². The van der Waals surface area contributed by atoms with Crippen LogP contribution < -0.4 is 10.2 Å². The molecule has 1 aliphatic heterocycles. The lowest BCUT2D eigenvalue weighted by molar-refractivity contribution is -0.384. The molecule has 28 heavy (non-hydrogen) atoms. The van der Waals surface area contributed by atoms with Crippen LogP contribution in [0, 0.1) is 10.1 Å². The molecule has 9 heteroatoms. The van der Waals surface area contributed by atoms with E-state index in [4.69, 9.17) is 16.3 Å². The molecule has 146 valence electrons. The molecule has 1 heterocycles. The summed E-state index contributed by atoms with van der Waals surface area (Å²) in [6.07, 6.45) is 3.82. The van der Waals surface area contributed by atoms with E-state index in [1.54, 1.807) is 30.5 Å². The fourth-order valence-corrected chi connectivity index (χ4v) is 3.01. The first-order valence-corrected chi connectivity index (χ1v) is 9.15. The van der Waals surface area contributed by atoms with Gasteiger partial charge in [0, 0.05) is 12.1 Å². The average molecular weight is 403 g/mol. The highest BCUT2D eigenvalue weighted by Crippen LogP contribution is 2.32. The van der Waals surface area contributed by atoms with Crippen LogP contribution in [0.3, 0.4) is 0 Å². The van der Waals surface area contributed by atoms with Gasteiger partial charge in [-0.25, -0.2) is 5.43 Å². The molecular weight excluding hydrogens is 384 g/mol. The van der Waals surface area contributed by atoms with Gasteiger partial charge in [0.15, 0.2) is 0 Å². The Bertz CT molecular complexity index is 880. The molecule has 1 amide bonds. The first kappa shape index (κ1) is 19.8. The number of likely N-dealkylation sites (tertiary alicyclic amines) is 1. The number of benzene rings is 2. The number of halogens is 1. The summed E-state index contributed by atoms with van der Waals surface area (Å²) in [6, 6.07) is 11.0. The first-order chi connectivity index (χ1) is 13.5. The van der Waals surface area contributed by atoms with Crippen LogP contribution in [-0.2, 0) is 4.79 Å². The number of hydrogen-bond acceptors (Lipinski definition) is 6. The summed E-state index contributed by atoms with van der Waals surface area (Å²) in [4.78, 5) is 24.1. The zero-order valence-corrected chi connectivity index (χ0v) is 15.8. The van der Waals surface area contributed by atoms with E-state index in [0.717, 1.165) is 31.5 Å². The van der Waals surface area contributed by atoms with E-state index in [9.17, 15) is 14.9 Å². The fraction of sp³-hybridized carbons (Fsp3) is 0.263. The molecule has 8 nitrogen and oxygen atoms in total. The molecule has 2 aromatic carbocycles. The Morgan fingerprint density at radius 3 is 2.61 bits per heavy atom. The van der Waals surface area contributed by atoms with Crippen molar-refractivity contribution in [1.29, 1.82) is 0 Å². The van der Waals surface area contributed by atoms with Gasteiger partial charge in [-0.1, -0.05) is 11.6 Å². The maximum absolute atomic E-state index is 11.8. The van der Waals surface area contributed by atoms with Gasteiger partial charge in [0.25, 0.3) is 11.6 Å². The molecule has 3 rings (SSSR count). The molecule has 2 aromatic rings. The standard InChI is InChI=1S/C19H19ClN4O4/c20-17-11-15(24(26)27)5-8-18(17)28-16-6-3-14(4-7-16)12-21-22-19(25)13-23-9-1-2-10-23/h3-8,11-12H,1-2,9-10,13H2,(H,22,25)/b21-12-. The van der Waals surface area contributed by atoms with Crippen molar-refractivity contribution in [3.8, 4) is 11.5 Å². The predicted molar refractivity (Wildman–Crippen MR) is 106 cm³/mol. The Morgan fingerprint density at radius 2 is 1.96 bits per heavy atom. The van der Waals surface area contributed by atoms with Gasteiger partial charge in [-0.15, -0.1) is 0 Å². The minimum atomic E-state index is -0.520. The summed E-state index contributed by atoms with van der Waals surface area (Å²) in [6.45, 7) is 2.27. The molecule has 0 radical (unpaired) electrons. The molecule has 1 aliphatic rings. The Morgan fingerprint density at radius 1 is 1.25 bits per heavy atom. The number of non-ortho nitro benzene ring substituents is 1. The van der Waals surface area contributed by atoms with Crippen LogP contribution in [-0.4, -0.2) is 41.6 Å². The third kappa shape index (κ3) is 5.51. The second-order valence-corrected chi connectivity index (χ2v) is 6.73. The lowest BCUT2D eigenvalue weighted by Crippen LogP contribution is -2.33. The van der Waals surface area contributed by atoms with Gasteiger partial charge in [0.05, 0.1) is 22.7 Å². The van der Waals surface area contributed by atoms with Gasteiger partial charge in [0.2, 0.25) is 0 Å². The molecule has 0 atom stereocenters. The van der Waals surface area contributed by atoms with Crippen molar-refractivity contribution in [2.75, 3.05) is 19.6 Å². The number of amides is 1. The summed E-state index contributed by atoms with van der Waals surface area (Å²) in [5.41, 5.74) is 3.20. The van der Waals surface area contributed by atoms with Crippen LogP contribution in [0.25, 0.3) is 0 Å². The van der Waals surface area contributed by atoms with E-state index in [1.807, 2.05) is 0 Å². The number of hydrazone groups is 1. The molecular formula is C19H19ClN4O4. The van der Waals surface area contributed by atoms with E-state index >= 15 is 0 Å². The van der Waals surface area contributed by atoms with Gasteiger partial charge >= 0.3 is 0 Å². The largest absolute Gasteiger partial charge is 0.456 e. The van der Waals surface area contributed by atoms with Crippen molar-refractivity contribution in [1.82, 2.24) is 10.3 Å². The van der Waals surface area contributed by atoms with Crippen LogP contribution in [0.4, 0.5) is 5.69 Å². The van der Waals surface area contributed by atoms with E-state index in [1.165, 1.54) is 18.2 Å². The molecule has 0 bridgehead atoms. The minimum Gasteiger partial charge on any atom is -0.456 e. The Balaban J connectivity index is 1.53. The Labute approximate surface area is 166 Å². The minimum absolute atomic E-state index is 0.101. The summed E-state index contributed by atoms with van der Waals surface area (Å²) in [7, 11) is 0. The number of nitrogens with one attached hydrogen (secondary N) is 1. The maximum Gasteiger partial charge on any atom is 0.271 e. The van der Waals surface area contributed by atoms with E-state index in [-0.39, 0.29) is 16.6 Å². The quantitative estimate of drug-likeness (QED) is 0.433. The topological polar surface area (TPSA) is 97.1 Å². The number of carbonyl (C=O) groups excluding carboxylic acids is 1. The van der Waals surface area contributed by atoms with Crippen LogP contribution in [0.5, 0.6) is 11.5 Å². The summed E-state index contributed by atoms with van der Waals surface area (Å²) in [5.74, 6) is 0.708. The highest BCUT2D eigenvalue weighted by molar-refractivity contribution is 6.32. The van der Waals surface area contributed by atoms with Gasteiger partial charge in [-0.3, -0.25) is 19.8 Å². The zero-order chi connectivity index (χ0) is 19.9. The third-order valence-corrected chi connectivity index (χ3v) is 4.50. The maximum atomic E-state index is 11.8. The van der Waals surface area contributed by atoms with Crippen molar-refractivity contribution < 1.29 is 14.5 Å². The van der Waals surface area contributed by atoms with Crippen LogP contribution in [0.1, 0.15) is 18.4 Å². The van der Waals surface area contributed by atoms with Crippen molar-refractivity contribution in [3.63, 3.8) is 0 Å². The molecule has 1 fully saturated rings. The van der Waals surface area contributed by atoms with Crippen molar-refractivity contribution in [3.05, 3.63) is 63.2 Å². The van der Waals surface area contributed by atoms with Crippen molar-refractivity contribution in [2.45, 2.75) is 12.8 Å². The number of nitro benzene ring substituents is 1. The Hall–Kier alpha value is -2.97. The highest BCUT2D eigenvalue weighted by Gasteiger charge is 2.14. The van der Waals surface area contributed by atoms with Crippen LogP contribution >= 0.6 is 11.6 Å². The molecule has 0 unspecified atom stereocenters. The van der Waals surface area contributed by atoms with E-state index in [2.05, 4.69) is 15.4 Å². The normalized spacial score (nSPS) is 14.3. The number of ether oxygens (including phenoxy) is 1. The Kier molecular flexibility index (Phi) is 6.57. The molecule has 0 saturated carbocycles. The molecule has 0 aliphatic carbocycles. The lowest BCUT2D eigenvalue weighted by Gasteiger charge is -2.12. The van der Waals surface area contributed by atoms with Crippen LogP contribution in [0.15, 0.2) is 47.6 Å². The number of rotatable bonds is 7. The lowest BCUT2D eigenvalue weighted by atomic mass is 10.2. The van der Waals surface area contributed by atoms with Gasteiger partial charge < -0.3 is 4.74 Å². The molecule has 1 saturated heterocycles. The summed E-state index contributed by atoms with van der Waals surface area (Å²) in [5, 5.41) is 14.9. The third-order valence-electron chi connectivity index (χ3n) is 4.20. The van der Waals surface area contributed by atoms with Gasteiger partial charge in [0.1, 0.15) is 11.5 Å². The smallest absolute Gasteiger partial charge is 0.271 e. The number of nitrogens with zero attached hydrogens (tertiary/aromatic N) is 3. The fourth-order valence-electron chi connectivity index (χ4n) is 2.79. The second kappa shape index (κ2) is 9.29. The SMILES string of the molecule is O=C(CN1CCCC1)N/N=C\c1ccc(Oc2ccc([N+](=O)[O-])cc2Cl)cc1. The van der Waals surface area contributed by atoms with Crippen LogP contribution in [0.2, 0.25) is 5.02 Å². The van der Waals surface area contributed by atoms with Crippen molar-refractivity contribution in [2.24, 2.45) is 5.10 Å². The molecule has 0 aromatic heterocycles.